The molecule has 1 heterocycles. The van der Waals surface area contributed by atoms with Crippen LogP contribution >= 0.6 is 0 Å². The Balaban J connectivity index is 2.65. The normalized spacial score (nSPS) is 10.4. The molecule has 0 amide bonds. The topological polar surface area (TPSA) is 33.1 Å². The molecule has 0 aliphatic heterocycles. The third kappa shape index (κ3) is 1.48. The Kier molecular flexibility index (Phi) is 1.91. The van der Waals surface area contributed by atoms with E-state index in [9.17, 15) is 0 Å². The van der Waals surface area contributed by atoms with E-state index in [1.54, 1.807) is 6.20 Å². The molecular weight excluding hydrogens is 128 g/mol. The van der Waals surface area contributed by atoms with Crippen molar-refractivity contribution in [3.63, 3.8) is 0 Å². The first-order valence-corrected chi connectivity index (χ1v) is 3.11. The summed E-state index contributed by atoms with van der Waals surface area (Å²) in [5, 5.41) is 1.85. The maximum Gasteiger partial charge on any atom is 0.217 e. The number of aromatic nitrogens is 2. The summed E-state index contributed by atoms with van der Waals surface area (Å²) in [5.74, 6) is 0.852. The Morgan fingerprint density at radius 2 is 2.30 bits per heavy atom. The Morgan fingerprint density at radius 1 is 1.60 bits per heavy atom. The molecule has 0 spiro atoms. The molecule has 1 aromatic heterocycles. The number of aryl methyl sites for hydroxylation is 1. The minimum Gasteiger partial charge on any atom is -0.320 e. The molecule has 0 atom stereocenters. The number of nitrogens with one attached hydrogen (secondary N) is 1. The molecule has 0 saturated heterocycles. The van der Waals surface area contributed by atoms with Gasteiger partial charge >= 0.3 is 0 Å². The molecule has 0 unspecified atom stereocenters. The minimum absolute atomic E-state index is 0.852. The van der Waals surface area contributed by atoms with Crippen LogP contribution in [-0.2, 0) is 7.05 Å². The highest BCUT2D eigenvalue weighted by Gasteiger charge is 1.96. The van der Waals surface area contributed by atoms with Crippen LogP contribution in [0.3, 0.4) is 0 Å². The first-order chi connectivity index (χ1) is 4.70. The fourth-order valence-corrected chi connectivity index (χ4v) is 0.673. The minimum atomic E-state index is 0.852. The third-order valence-electron chi connectivity index (χ3n) is 1.14. The summed E-state index contributed by atoms with van der Waals surface area (Å²) in [5.41, 5.74) is 3.04. The largest absolute Gasteiger partial charge is 0.320 e. The molecule has 0 aromatic carbocycles. The number of hydrogen-bond acceptors (Lipinski definition) is 3. The van der Waals surface area contributed by atoms with Gasteiger partial charge in [0.25, 0.3) is 0 Å². The molecule has 56 valence electrons. The van der Waals surface area contributed by atoms with Crippen LogP contribution in [-0.4, -0.2) is 28.7 Å². The molecule has 10 heavy (non-hydrogen) atoms. The summed E-state index contributed by atoms with van der Waals surface area (Å²) in [6, 6.07) is 0. The highest BCUT2D eigenvalue weighted by molar-refractivity contribution is 5.22. The van der Waals surface area contributed by atoms with Gasteiger partial charge < -0.3 is 4.57 Å². The van der Waals surface area contributed by atoms with Gasteiger partial charge in [-0.25, -0.2) is 9.99 Å². The number of nitrogens with zero attached hydrogens (tertiary/aromatic N) is 3. The molecular formula is C6H12N4. The zero-order valence-corrected chi connectivity index (χ0v) is 6.50. The lowest BCUT2D eigenvalue weighted by Gasteiger charge is -2.11. The first-order valence-electron chi connectivity index (χ1n) is 3.11. The predicted octanol–water partition coefficient (Wildman–Crippen LogP) is 0.309. The maximum absolute atomic E-state index is 4.07. The van der Waals surface area contributed by atoms with Gasteiger partial charge in [0.05, 0.1) is 0 Å². The molecule has 0 saturated carbocycles. The fraction of sp³-hybridized carbons (Fsp3) is 0.500. The van der Waals surface area contributed by atoms with Gasteiger partial charge in [-0.1, -0.05) is 0 Å². The second kappa shape index (κ2) is 2.70. The average molecular weight is 140 g/mol. The van der Waals surface area contributed by atoms with Crippen LogP contribution in [0.25, 0.3) is 0 Å². The molecule has 0 radical (unpaired) electrons. The molecule has 1 N–H and O–H groups in total. The van der Waals surface area contributed by atoms with Crippen molar-refractivity contribution in [3.8, 4) is 0 Å². The van der Waals surface area contributed by atoms with E-state index in [0.29, 0.717) is 0 Å². The summed E-state index contributed by atoms with van der Waals surface area (Å²) in [7, 11) is 5.79. The zero-order chi connectivity index (χ0) is 7.56. The van der Waals surface area contributed by atoms with Gasteiger partial charge in [0.2, 0.25) is 5.95 Å². The van der Waals surface area contributed by atoms with Crippen LogP contribution in [0.4, 0.5) is 5.95 Å². The summed E-state index contributed by atoms with van der Waals surface area (Å²) in [4.78, 5) is 4.07. The summed E-state index contributed by atoms with van der Waals surface area (Å²) >= 11 is 0. The van der Waals surface area contributed by atoms with Gasteiger partial charge in [-0.2, -0.15) is 0 Å². The van der Waals surface area contributed by atoms with E-state index in [4.69, 9.17) is 0 Å². The second-order valence-corrected chi connectivity index (χ2v) is 2.37. The molecule has 4 heteroatoms. The molecule has 0 fully saturated rings. The van der Waals surface area contributed by atoms with E-state index < -0.39 is 0 Å². The van der Waals surface area contributed by atoms with E-state index in [2.05, 4.69) is 10.4 Å². The van der Waals surface area contributed by atoms with Gasteiger partial charge in [-0.15, -0.1) is 0 Å². The fourth-order valence-electron chi connectivity index (χ4n) is 0.673. The molecule has 1 aromatic rings. The van der Waals surface area contributed by atoms with Crippen molar-refractivity contribution < 1.29 is 0 Å². The van der Waals surface area contributed by atoms with Crippen LogP contribution in [0, 0.1) is 0 Å². The number of hydrazine groups is 1. The van der Waals surface area contributed by atoms with Crippen molar-refractivity contribution in [2.24, 2.45) is 7.05 Å². The van der Waals surface area contributed by atoms with Crippen molar-refractivity contribution in [1.29, 1.82) is 0 Å². The number of anilines is 1. The first kappa shape index (κ1) is 7.08. The van der Waals surface area contributed by atoms with Gasteiger partial charge in [-0.3, -0.25) is 5.43 Å². The lowest BCUT2D eigenvalue weighted by Crippen LogP contribution is -2.21. The van der Waals surface area contributed by atoms with Crippen LogP contribution in [0.15, 0.2) is 12.4 Å². The lowest BCUT2D eigenvalue weighted by atomic mass is 10.9. The SMILES string of the molecule is CN(C)Nc1nccn1C. The smallest absolute Gasteiger partial charge is 0.217 e. The highest BCUT2D eigenvalue weighted by atomic mass is 15.5. The summed E-state index contributed by atoms with van der Waals surface area (Å²) in [6.07, 6.45) is 3.65. The van der Waals surface area contributed by atoms with Crippen molar-refractivity contribution in [3.05, 3.63) is 12.4 Å². The lowest BCUT2D eigenvalue weighted by molar-refractivity contribution is 0.485. The summed E-state index contributed by atoms with van der Waals surface area (Å²) in [6.45, 7) is 0. The Labute approximate surface area is 60.4 Å². The van der Waals surface area contributed by atoms with Crippen molar-refractivity contribution in [2.75, 3.05) is 19.5 Å². The summed E-state index contributed by atoms with van der Waals surface area (Å²) < 4.78 is 1.92. The van der Waals surface area contributed by atoms with Crippen LogP contribution in [0.1, 0.15) is 0 Å². The van der Waals surface area contributed by atoms with Crippen LogP contribution in [0.2, 0.25) is 0 Å². The molecule has 0 aliphatic rings. The van der Waals surface area contributed by atoms with E-state index in [1.165, 1.54) is 0 Å². The zero-order valence-electron chi connectivity index (χ0n) is 6.50. The Hall–Kier alpha value is -1.03. The van der Waals surface area contributed by atoms with Gasteiger partial charge in [0.15, 0.2) is 0 Å². The maximum atomic E-state index is 4.07. The monoisotopic (exact) mass is 140 g/mol. The van der Waals surface area contributed by atoms with Crippen molar-refractivity contribution in [1.82, 2.24) is 14.6 Å². The van der Waals surface area contributed by atoms with Crippen molar-refractivity contribution >= 4 is 5.95 Å². The predicted molar refractivity (Wildman–Crippen MR) is 40.5 cm³/mol. The van der Waals surface area contributed by atoms with Gasteiger partial charge in [0.1, 0.15) is 0 Å². The number of hydrogen-bond donors (Lipinski definition) is 1. The number of rotatable bonds is 2. The Bertz CT molecular complexity index is 203. The highest BCUT2D eigenvalue weighted by Crippen LogP contribution is 1.99. The van der Waals surface area contributed by atoms with Gasteiger partial charge in [-0.05, 0) is 0 Å². The molecule has 0 aliphatic carbocycles. The van der Waals surface area contributed by atoms with Crippen molar-refractivity contribution in [2.45, 2.75) is 0 Å². The van der Waals surface area contributed by atoms with E-state index in [1.807, 2.05) is 36.9 Å². The third-order valence-corrected chi connectivity index (χ3v) is 1.14. The Morgan fingerprint density at radius 3 is 2.70 bits per heavy atom. The molecule has 1 rings (SSSR count). The van der Waals surface area contributed by atoms with Crippen LogP contribution in [0.5, 0.6) is 0 Å². The molecule has 4 nitrogen and oxygen atoms in total. The van der Waals surface area contributed by atoms with E-state index >= 15 is 0 Å². The average Bonchev–Trinajstić information content (AvgIpc) is 2.15. The van der Waals surface area contributed by atoms with Crippen LogP contribution < -0.4 is 5.43 Å². The second-order valence-electron chi connectivity index (χ2n) is 2.37. The standard InChI is InChI=1S/C6H12N4/c1-9(2)8-6-7-4-5-10(6)3/h4-5H,1-3H3,(H,7,8). The van der Waals surface area contributed by atoms with E-state index in [-0.39, 0.29) is 0 Å². The molecule has 0 bridgehead atoms. The van der Waals surface area contributed by atoms with Gasteiger partial charge in [0, 0.05) is 33.5 Å². The quantitative estimate of drug-likeness (QED) is 0.600. The number of imidazole rings is 1. The van der Waals surface area contributed by atoms with E-state index in [0.717, 1.165) is 5.95 Å².